The fourth-order valence-electron chi connectivity index (χ4n) is 1.86. The number of hydrogen-bond acceptors (Lipinski definition) is 6. The number of likely N-dealkylation sites (N-methyl/N-ethyl adjacent to an activating group) is 1. The summed E-state index contributed by atoms with van der Waals surface area (Å²) in [7, 11) is 1.95. The van der Waals surface area contributed by atoms with Crippen molar-refractivity contribution in [1.82, 2.24) is 20.5 Å². The maximum absolute atomic E-state index is 5.64. The van der Waals surface area contributed by atoms with Gasteiger partial charge < -0.3 is 14.6 Å². The first-order valence-electron chi connectivity index (χ1n) is 7.29. The summed E-state index contributed by atoms with van der Waals surface area (Å²) in [4.78, 5) is 6.26. The molecule has 2 heterocycles. The summed E-state index contributed by atoms with van der Waals surface area (Å²) in [6, 6.07) is 6.48. The molecule has 0 radical (unpaired) electrons. The first-order chi connectivity index (χ1) is 10.1. The van der Waals surface area contributed by atoms with Crippen LogP contribution in [-0.4, -0.2) is 35.3 Å². The van der Waals surface area contributed by atoms with E-state index < -0.39 is 0 Å². The maximum Gasteiger partial charge on any atom is 0.317 e. The summed E-state index contributed by atoms with van der Waals surface area (Å²) in [5.74, 6) is 1.23. The van der Waals surface area contributed by atoms with E-state index in [0.717, 1.165) is 25.2 Å². The van der Waals surface area contributed by atoms with Gasteiger partial charge in [-0.1, -0.05) is 25.0 Å². The van der Waals surface area contributed by atoms with Gasteiger partial charge in [0.2, 0.25) is 5.89 Å². The molecule has 0 unspecified atom stereocenters. The molecule has 0 aliphatic rings. The van der Waals surface area contributed by atoms with Gasteiger partial charge in [0, 0.05) is 31.9 Å². The zero-order valence-electron chi connectivity index (χ0n) is 12.9. The van der Waals surface area contributed by atoms with Crippen LogP contribution in [0.15, 0.2) is 28.8 Å². The molecule has 2 aromatic rings. The first-order valence-corrected chi connectivity index (χ1v) is 7.29. The largest absolute Gasteiger partial charge is 0.407 e. The number of rotatable bonds is 8. The van der Waals surface area contributed by atoms with Gasteiger partial charge in [0.1, 0.15) is 0 Å². The summed E-state index contributed by atoms with van der Waals surface area (Å²) in [6.45, 7) is 6.67. The molecule has 1 N–H and O–H groups in total. The lowest BCUT2D eigenvalue weighted by molar-refractivity contribution is 0.450. The number of nitrogens with one attached hydrogen (secondary N) is 1. The fourth-order valence-corrected chi connectivity index (χ4v) is 1.86. The molecule has 6 nitrogen and oxygen atoms in total. The summed E-state index contributed by atoms with van der Waals surface area (Å²) in [5, 5.41) is 11.4. The Labute approximate surface area is 125 Å². The van der Waals surface area contributed by atoms with E-state index in [1.54, 1.807) is 6.20 Å². The molecule has 0 fully saturated rings. The second-order valence-electron chi connectivity index (χ2n) is 5.50. The lowest BCUT2D eigenvalue weighted by Crippen LogP contribution is -2.21. The molecule has 0 amide bonds. The average Bonchev–Trinajstić information content (AvgIpc) is 2.94. The van der Waals surface area contributed by atoms with Crippen LogP contribution >= 0.6 is 0 Å². The van der Waals surface area contributed by atoms with E-state index in [9.17, 15) is 0 Å². The van der Waals surface area contributed by atoms with Crippen molar-refractivity contribution in [2.75, 3.05) is 25.0 Å². The number of aromatic nitrogens is 3. The van der Waals surface area contributed by atoms with E-state index in [1.165, 1.54) is 0 Å². The third-order valence-corrected chi connectivity index (χ3v) is 3.04. The van der Waals surface area contributed by atoms with Crippen molar-refractivity contribution in [1.29, 1.82) is 0 Å². The molecule has 0 aliphatic heterocycles. The second-order valence-corrected chi connectivity index (χ2v) is 5.50. The van der Waals surface area contributed by atoms with Crippen molar-refractivity contribution < 1.29 is 4.42 Å². The highest BCUT2D eigenvalue weighted by Gasteiger charge is 2.10. The molecule has 0 saturated heterocycles. The first kappa shape index (κ1) is 15.4. The molecule has 6 heteroatoms. The van der Waals surface area contributed by atoms with Gasteiger partial charge >= 0.3 is 6.01 Å². The molecule has 2 aromatic heterocycles. The topological polar surface area (TPSA) is 67.1 Å². The van der Waals surface area contributed by atoms with Gasteiger partial charge in [-0.05, 0) is 24.6 Å². The zero-order valence-corrected chi connectivity index (χ0v) is 12.9. The molecule has 0 atom stereocenters. The smallest absolute Gasteiger partial charge is 0.317 e. The van der Waals surface area contributed by atoms with Crippen LogP contribution in [0.3, 0.4) is 0 Å². The van der Waals surface area contributed by atoms with Gasteiger partial charge in [0.15, 0.2) is 0 Å². The Hall–Kier alpha value is -1.95. The van der Waals surface area contributed by atoms with E-state index in [1.807, 2.05) is 30.1 Å². The highest BCUT2D eigenvalue weighted by atomic mass is 16.4. The Bertz CT molecular complexity index is 526. The van der Waals surface area contributed by atoms with Gasteiger partial charge in [0.05, 0.1) is 6.54 Å². The number of anilines is 1. The van der Waals surface area contributed by atoms with Gasteiger partial charge in [-0.3, -0.25) is 4.98 Å². The van der Waals surface area contributed by atoms with Crippen LogP contribution < -0.4 is 10.2 Å². The van der Waals surface area contributed by atoms with Crippen molar-refractivity contribution in [3.8, 4) is 0 Å². The third-order valence-electron chi connectivity index (χ3n) is 3.04. The standard InChI is InChI=1S/C15H23N5O/c1-12(2)10-16-11-14-18-19-15(21-14)20(3)9-7-13-6-4-5-8-17-13/h4-6,8,12,16H,7,9-11H2,1-3H3. The van der Waals surface area contributed by atoms with Crippen LogP contribution in [0.4, 0.5) is 6.01 Å². The Morgan fingerprint density at radius 3 is 2.86 bits per heavy atom. The lowest BCUT2D eigenvalue weighted by atomic mass is 10.2. The van der Waals surface area contributed by atoms with E-state index in [4.69, 9.17) is 4.42 Å². The minimum atomic E-state index is 0.548. The van der Waals surface area contributed by atoms with Crippen molar-refractivity contribution in [3.05, 3.63) is 36.0 Å². The molecule has 0 aromatic carbocycles. The summed E-state index contributed by atoms with van der Waals surface area (Å²) < 4.78 is 5.64. The van der Waals surface area contributed by atoms with E-state index in [2.05, 4.69) is 34.3 Å². The summed E-state index contributed by atoms with van der Waals surface area (Å²) in [6.07, 6.45) is 2.65. The highest BCUT2D eigenvalue weighted by Crippen LogP contribution is 2.11. The minimum absolute atomic E-state index is 0.548. The molecule has 0 saturated carbocycles. The van der Waals surface area contributed by atoms with Crippen LogP contribution in [0.2, 0.25) is 0 Å². The van der Waals surface area contributed by atoms with Gasteiger partial charge in [-0.15, -0.1) is 5.10 Å². The van der Waals surface area contributed by atoms with E-state index in [-0.39, 0.29) is 0 Å². The Kier molecular flexibility index (Phi) is 5.68. The van der Waals surface area contributed by atoms with Crippen LogP contribution in [-0.2, 0) is 13.0 Å². The number of hydrogen-bond donors (Lipinski definition) is 1. The van der Waals surface area contributed by atoms with Crippen molar-refractivity contribution >= 4 is 6.01 Å². The van der Waals surface area contributed by atoms with E-state index in [0.29, 0.717) is 24.4 Å². The molecular weight excluding hydrogens is 266 g/mol. The Morgan fingerprint density at radius 2 is 2.14 bits per heavy atom. The normalized spacial score (nSPS) is 11.0. The predicted octanol–water partition coefficient (Wildman–Crippen LogP) is 1.89. The molecule has 21 heavy (non-hydrogen) atoms. The van der Waals surface area contributed by atoms with Crippen LogP contribution in [0, 0.1) is 5.92 Å². The van der Waals surface area contributed by atoms with Crippen molar-refractivity contribution in [2.24, 2.45) is 5.92 Å². The summed E-state index contributed by atoms with van der Waals surface area (Å²) in [5.41, 5.74) is 1.06. The monoisotopic (exact) mass is 289 g/mol. The number of pyridine rings is 1. The van der Waals surface area contributed by atoms with Gasteiger partial charge in [0.25, 0.3) is 0 Å². The number of nitrogens with zero attached hydrogens (tertiary/aromatic N) is 4. The fraction of sp³-hybridized carbons (Fsp3) is 0.533. The second kappa shape index (κ2) is 7.73. The summed E-state index contributed by atoms with van der Waals surface area (Å²) >= 11 is 0. The van der Waals surface area contributed by atoms with Gasteiger partial charge in [-0.25, -0.2) is 0 Å². The zero-order chi connectivity index (χ0) is 15.1. The maximum atomic E-state index is 5.64. The lowest BCUT2D eigenvalue weighted by Gasteiger charge is -2.13. The van der Waals surface area contributed by atoms with Crippen LogP contribution in [0.25, 0.3) is 0 Å². The minimum Gasteiger partial charge on any atom is -0.407 e. The molecule has 2 rings (SSSR count). The SMILES string of the molecule is CC(C)CNCc1nnc(N(C)CCc2ccccn2)o1. The molecule has 0 aliphatic carbocycles. The predicted molar refractivity (Wildman–Crippen MR) is 82.1 cm³/mol. The quantitative estimate of drug-likeness (QED) is 0.800. The van der Waals surface area contributed by atoms with Crippen molar-refractivity contribution in [2.45, 2.75) is 26.8 Å². The van der Waals surface area contributed by atoms with Crippen molar-refractivity contribution in [3.63, 3.8) is 0 Å². The Balaban J connectivity index is 1.80. The van der Waals surface area contributed by atoms with E-state index >= 15 is 0 Å². The van der Waals surface area contributed by atoms with Crippen LogP contribution in [0.1, 0.15) is 25.4 Å². The highest BCUT2D eigenvalue weighted by molar-refractivity contribution is 5.22. The molecular formula is C15H23N5O. The van der Waals surface area contributed by atoms with Gasteiger partial charge in [-0.2, -0.15) is 0 Å². The Morgan fingerprint density at radius 1 is 1.29 bits per heavy atom. The third kappa shape index (κ3) is 5.15. The molecule has 0 spiro atoms. The molecule has 114 valence electrons. The molecule has 0 bridgehead atoms. The average molecular weight is 289 g/mol. The van der Waals surface area contributed by atoms with Crippen LogP contribution in [0.5, 0.6) is 0 Å².